The number of methoxy groups -OCH3 is 1. The van der Waals surface area contributed by atoms with Crippen LogP contribution in [-0.4, -0.2) is 25.6 Å². The molecule has 0 atom stereocenters. The highest BCUT2D eigenvalue weighted by molar-refractivity contribution is 5.92. The smallest absolute Gasteiger partial charge is 0.330 e. The monoisotopic (exact) mass is 381 g/mol. The van der Waals surface area contributed by atoms with Gasteiger partial charge in [-0.2, -0.15) is 0 Å². The van der Waals surface area contributed by atoms with E-state index >= 15 is 0 Å². The van der Waals surface area contributed by atoms with Gasteiger partial charge in [0.25, 0.3) is 0 Å². The number of aryl methyl sites for hydroxylation is 3. The summed E-state index contributed by atoms with van der Waals surface area (Å²) in [7, 11) is 1.60. The Morgan fingerprint density at radius 3 is 2.29 bits per heavy atom. The highest BCUT2D eigenvalue weighted by atomic mass is 16.5. The van der Waals surface area contributed by atoms with Crippen LogP contribution >= 0.6 is 0 Å². The van der Waals surface area contributed by atoms with Gasteiger partial charge in [-0.3, -0.25) is 4.79 Å². The SMILES string of the molecule is COc1ccc(/C=C/C(=O)OCCCC(=O)Nc2c(C)cc(C)cc2C)cc1. The van der Waals surface area contributed by atoms with Crippen LogP contribution in [0, 0.1) is 20.8 Å². The number of amides is 1. The molecule has 0 heterocycles. The van der Waals surface area contributed by atoms with Crippen molar-refractivity contribution in [3.05, 3.63) is 64.7 Å². The molecule has 2 aromatic rings. The molecule has 0 saturated heterocycles. The van der Waals surface area contributed by atoms with E-state index < -0.39 is 5.97 Å². The fourth-order valence-electron chi connectivity index (χ4n) is 2.91. The molecule has 2 rings (SSSR count). The molecule has 0 fully saturated rings. The number of nitrogens with one attached hydrogen (secondary N) is 1. The molecule has 0 aliphatic rings. The number of rotatable bonds is 8. The van der Waals surface area contributed by atoms with Crippen molar-refractivity contribution in [2.45, 2.75) is 33.6 Å². The van der Waals surface area contributed by atoms with E-state index in [4.69, 9.17) is 9.47 Å². The molecule has 0 unspecified atom stereocenters. The summed E-state index contributed by atoms with van der Waals surface area (Å²) in [4.78, 5) is 23.9. The van der Waals surface area contributed by atoms with Crippen molar-refractivity contribution in [1.29, 1.82) is 0 Å². The van der Waals surface area contributed by atoms with Gasteiger partial charge in [-0.25, -0.2) is 4.79 Å². The average molecular weight is 381 g/mol. The maximum Gasteiger partial charge on any atom is 0.330 e. The van der Waals surface area contributed by atoms with Crippen LogP contribution in [0.3, 0.4) is 0 Å². The van der Waals surface area contributed by atoms with Crippen LogP contribution in [0.2, 0.25) is 0 Å². The first-order valence-corrected chi connectivity index (χ1v) is 9.25. The van der Waals surface area contributed by atoms with E-state index in [-0.39, 0.29) is 12.5 Å². The predicted octanol–water partition coefficient (Wildman–Crippen LogP) is 4.60. The normalized spacial score (nSPS) is 10.7. The summed E-state index contributed by atoms with van der Waals surface area (Å²) < 4.78 is 10.2. The number of ether oxygens (including phenoxy) is 2. The number of carbonyl (C=O) groups excluding carboxylic acids is 2. The number of carbonyl (C=O) groups is 2. The Kier molecular flexibility index (Phi) is 7.81. The van der Waals surface area contributed by atoms with Crippen molar-refractivity contribution < 1.29 is 19.1 Å². The van der Waals surface area contributed by atoms with Gasteiger partial charge in [-0.05, 0) is 62.1 Å². The Hall–Kier alpha value is -3.08. The lowest BCUT2D eigenvalue weighted by molar-refractivity contribution is -0.138. The van der Waals surface area contributed by atoms with Crippen LogP contribution in [0.25, 0.3) is 6.08 Å². The highest BCUT2D eigenvalue weighted by Gasteiger charge is 2.08. The van der Waals surface area contributed by atoms with Crippen molar-refractivity contribution in [2.24, 2.45) is 0 Å². The quantitative estimate of drug-likeness (QED) is 0.412. The van der Waals surface area contributed by atoms with Gasteiger partial charge in [0, 0.05) is 18.2 Å². The Balaban J connectivity index is 1.72. The number of anilines is 1. The molecular formula is C23H27NO4. The molecule has 28 heavy (non-hydrogen) atoms. The fourth-order valence-corrected chi connectivity index (χ4v) is 2.91. The van der Waals surface area contributed by atoms with Crippen LogP contribution < -0.4 is 10.1 Å². The molecular weight excluding hydrogens is 354 g/mol. The van der Waals surface area contributed by atoms with E-state index in [0.29, 0.717) is 12.8 Å². The third-order valence-corrected chi connectivity index (χ3v) is 4.26. The lowest BCUT2D eigenvalue weighted by Crippen LogP contribution is -2.14. The lowest BCUT2D eigenvalue weighted by atomic mass is 10.0. The standard InChI is InChI=1S/C23H27NO4/c1-16-14-17(2)23(18(3)15-16)24-21(25)6-5-13-28-22(26)12-9-19-7-10-20(27-4)11-8-19/h7-12,14-15H,5-6,13H2,1-4H3,(H,24,25)/b12-9+. The number of esters is 1. The first-order chi connectivity index (χ1) is 13.4. The minimum atomic E-state index is -0.429. The maximum atomic E-state index is 12.1. The van der Waals surface area contributed by atoms with Gasteiger partial charge in [0.05, 0.1) is 13.7 Å². The highest BCUT2D eigenvalue weighted by Crippen LogP contribution is 2.22. The predicted molar refractivity (Wildman–Crippen MR) is 112 cm³/mol. The lowest BCUT2D eigenvalue weighted by Gasteiger charge is -2.12. The number of hydrogen-bond donors (Lipinski definition) is 1. The Morgan fingerprint density at radius 1 is 1.04 bits per heavy atom. The van der Waals surface area contributed by atoms with E-state index in [1.165, 1.54) is 11.6 Å². The van der Waals surface area contributed by atoms with Crippen LogP contribution in [0.5, 0.6) is 5.75 Å². The second-order valence-electron chi connectivity index (χ2n) is 6.70. The molecule has 1 N–H and O–H groups in total. The molecule has 0 bridgehead atoms. The van der Waals surface area contributed by atoms with Crippen molar-refractivity contribution >= 4 is 23.6 Å². The Morgan fingerprint density at radius 2 is 1.68 bits per heavy atom. The summed E-state index contributed by atoms with van der Waals surface area (Å²) >= 11 is 0. The summed E-state index contributed by atoms with van der Waals surface area (Å²) in [6.45, 7) is 6.19. The van der Waals surface area contributed by atoms with Crippen molar-refractivity contribution in [3.63, 3.8) is 0 Å². The summed E-state index contributed by atoms with van der Waals surface area (Å²) in [6.07, 6.45) is 3.82. The zero-order valence-corrected chi connectivity index (χ0v) is 16.9. The minimum absolute atomic E-state index is 0.0834. The molecule has 0 saturated carbocycles. The Labute approximate surface area is 166 Å². The minimum Gasteiger partial charge on any atom is -0.497 e. The molecule has 0 aliphatic carbocycles. The van der Waals surface area contributed by atoms with Gasteiger partial charge in [-0.1, -0.05) is 29.8 Å². The first kappa shape index (κ1) is 21.2. The van der Waals surface area contributed by atoms with Crippen LogP contribution in [0.1, 0.15) is 35.1 Å². The number of benzene rings is 2. The number of hydrogen-bond acceptors (Lipinski definition) is 4. The fraction of sp³-hybridized carbons (Fsp3) is 0.304. The molecule has 0 aliphatic heterocycles. The topological polar surface area (TPSA) is 64.6 Å². The summed E-state index contributed by atoms with van der Waals surface area (Å²) in [5.41, 5.74) is 4.99. The zero-order valence-electron chi connectivity index (χ0n) is 16.9. The molecule has 5 nitrogen and oxygen atoms in total. The van der Waals surface area contributed by atoms with Gasteiger partial charge in [0.2, 0.25) is 5.91 Å². The molecule has 0 aromatic heterocycles. The van der Waals surface area contributed by atoms with Crippen molar-refractivity contribution in [1.82, 2.24) is 0 Å². The summed E-state index contributed by atoms with van der Waals surface area (Å²) in [6, 6.07) is 11.4. The van der Waals surface area contributed by atoms with Crippen molar-refractivity contribution in [3.8, 4) is 5.75 Å². The molecule has 1 amide bonds. The molecule has 0 radical (unpaired) electrons. The molecule has 2 aromatic carbocycles. The van der Waals surface area contributed by atoms with E-state index in [2.05, 4.69) is 5.32 Å². The van der Waals surface area contributed by atoms with Crippen LogP contribution in [0.15, 0.2) is 42.5 Å². The zero-order chi connectivity index (χ0) is 20.5. The van der Waals surface area contributed by atoms with Gasteiger partial charge in [0.1, 0.15) is 5.75 Å². The largest absolute Gasteiger partial charge is 0.497 e. The Bertz CT molecular complexity index is 830. The van der Waals surface area contributed by atoms with E-state index in [0.717, 1.165) is 28.1 Å². The van der Waals surface area contributed by atoms with Crippen molar-refractivity contribution in [2.75, 3.05) is 19.0 Å². The summed E-state index contributed by atoms with van der Waals surface area (Å²) in [5.74, 6) is 0.246. The second kappa shape index (κ2) is 10.3. The first-order valence-electron chi connectivity index (χ1n) is 9.25. The van der Waals surface area contributed by atoms with Crippen LogP contribution in [-0.2, 0) is 14.3 Å². The third-order valence-electron chi connectivity index (χ3n) is 4.26. The van der Waals surface area contributed by atoms with Gasteiger partial charge in [-0.15, -0.1) is 0 Å². The van der Waals surface area contributed by atoms with Gasteiger partial charge < -0.3 is 14.8 Å². The second-order valence-corrected chi connectivity index (χ2v) is 6.70. The van der Waals surface area contributed by atoms with Gasteiger partial charge >= 0.3 is 5.97 Å². The van der Waals surface area contributed by atoms with E-state index in [1.54, 1.807) is 13.2 Å². The molecule has 0 spiro atoms. The average Bonchev–Trinajstić information content (AvgIpc) is 2.66. The van der Waals surface area contributed by atoms with E-state index in [9.17, 15) is 9.59 Å². The van der Waals surface area contributed by atoms with E-state index in [1.807, 2.05) is 57.2 Å². The third kappa shape index (κ3) is 6.58. The van der Waals surface area contributed by atoms with Crippen LogP contribution in [0.4, 0.5) is 5.69 Å². The summed E-state index contributed by atoms with van der Waals surface area (Å²) in [5, 5.41) is 2.95. The molecule has 5 heteroatoms. The maximum absolute atomic E-state index is 12.1. The molecule has 148 valence electrons. The van der Waals surface area contributed by atoms with Gasteiger partial charge in [0.15, 0.2) is 0 Å².